The van der Waals surface area contributed by atoms with Gasteiger partial charge in [0, 0.05) is 9.85 Å². The van der Waals surface area contributed by atoms with Gasteiger partial charge in [0.05, 0.1) is 14.5 Å². The van der Waals surface area contributed by atoms with Crippen molar-refractivity contribution in [3.05, 3.63) is 54.2 Å². The lowest BCUT2D eigenvalue weighted by atomic mass is 10.1. The van der Waals surface area contributed by atoms with Crippen LogP contribution in [0.2, 0.25) is 0 Å². The summed E-state index contributed by atoms with van der Waals surface area (Å²) in [5.41, 5.74) is 1.80. The van der Waals surface area contributed by atoms with Gasteiger partial charge in [0.15, 0.2) is 0 Å². The molecule has 0 saturated heterocycles. The van der Waals surface area contributed by atoms with Gasteiger partial charge in [-0.15, -0.1) is 11.3 Å². The number of halogens is 2. The largest absolute Gasteiger partial charge is 0.345 e. The molecule has 0 aliphatic heterocycles. The van der Waals surface area contributed by atoms with Crippen LogP contribution in [0.3, 0.4) is 0 Å². The van der Waals surface area contributed by atoms with Crippen molar-refractivity contribution in [3.8, 4) is 0 Å². The Hall–Kier alpha value is -0.400. The summed E-state index contributed by atoms with van der Waals surface area (Å²) < 4.78 is 2.13. The molecule has 0 saturated carbocycles. The van der Waals surface area contributed by atoms with E-state index in [1.165, 1.54) is 0 Å². The van der Waals surface area contributed by atoms with E-state index >= 15 is 0 Å². The molecule has 0 aliphatic carbocycles. The Morgan fingerprint density at radius 2 is 2.17 bits per heavy atom. The molecule has 2 nitrogen and oxygen atoms in total. The first-order valence-electron chi connectivity index (χ1n) is 5.37. The Balaban J connectivity index is 2.10. The predicted octanol–water partition coefficient (Wildman–Crippen LogP) is 4.61. The lowest BCUT2D eigenvalue weighted by Gasteiger charge is -2.15. The molecule has 1 atom stereocenters. The van der Waals surface area contributed by atoms with Crippen molar-refractivity contribution in [1.82, 2.24) is 5.32 Å². The molecule has 1 heterocycles. The van der Waals surface area contributed by atoms with Gasteiger partial charge in [-0.25, -0.2) is 0 Å². The molecule has 2 rings (SSSR count). The van der Waals surface area contributed by atoms with E-state index in [-0.39, 0.29) is 11.9 Å². The van der Waals surface area contributed by atoms with Gasteiger partial charge in [0.2, 0.25) is 0 Å². The van der Waals surface area contributed by atoms with Crippen LogP contribution in [-0.4, -0.2) is 5.91 Å². The summed E-state index contributed by atoms with van der Waals surface area (Å²) in [6.07, 6.45) is 0. The highest BCUT2D eigenvalue weighted by molar-refractivity contribution is 14.1. The number of carbonyl (C=O) groups is 1. The third kappa shape index (κ3) is 3.33. The summed E-state index contributed by atoms with van der Waals surface area (Å²) in [5, 5.41) is 4.88. The van der Waals surface area contributed by atoms with Crippen LogP contribution >= 0.6 is 49.9 Å². The summed E-state index contributed by atoms with van der Waals surface area (Å²) in [6.45, 7) is 1.98. The van der Waals surface area contributed by atoms with Crippen LogP contribution in [0.25, 0.3) is 0 Å². The van der Waals surface area contributed by atoms with E-state index < -0.39 is 0 Å². The van der Waals surface area contributed by atoms with Crippen molar-refractivity contribution in [2.45, 2.75) is 13.0 Å². The zero-order chi connectivity index (χ0) is 13.1. The first-order valence-corrected chi connectivity index (χ1v) is 8.12. The number of benzene rings is 1. The maximum absolute atomic E-state index is 12.0. The lowest BCUT2D eigenvalue weighted by Crippen LogP contribution is -2.26. The highest BCUT2D eigenvalue weighted by atomic mass is 127. The maximum atomic E-state index is 12.0. The molecule has 5 heteroatoms. The standard InChI is InChI=1S/C13H11BrINOS/c1-8(10-4-2-3-5-11(10)14)16-13(17)9-6-12(15)18-7-9/h2-8H,1H3,(H,16,17). The molecule has 94 valence electrons. The number of hydrogen-bond donors (Lipinski definition) is 1. The Morgan fingerprint density at radius 1 is 1.44 bits per heavy atom. The molecule has 1 unspecified atom stereocenters. The van der Waals surface area contributed by atoms with Crippen LogP contribution in [0.4, 0.5) is 0 Å². The monoisotopic (exact) mass is 435 g/mol. The average Bonchev–Trinajstić information content (AvgIpc) is 2.76. The van der Waals surface area contributed by atoms with Gasteiger partial charge in [-0.1, -0.05) is 34.1 Å². The number of thiophene rings is 1. The number of hydrogen-bond acceptors (Lipinski definition) is 2. The second-order valence-electron chi connectivity index (χ2n) is 3.86. The maximum Gasteiger partial charge on any atom is 0.252 e. The molecule has 2 aromatic rings. The Labute approximate surface area is 132 Å². The van der Waals surface area contributed by atoms with Gasteiger partial charge < -0.3 is 5.32 Å². The molecular formula is C13H11BrINOS. The van der Waals surface area contributed by atoms with Crippen molar-refractivity contribution in [2.24, 2.45) is 0 Å². The fraction of sp³-hybridized carbons (Fsp3) is 0.154. The normalized spacial score (nSPS) is 12.2. The second kappa shape index (κ2) is 6.16. The molecule has 18 heavy (non-hydrogen) atoms. The fourth-order valence-corrected chi connectivity index (χ4v) is 3.57. The zero-order valence-electron chi connectivity index (χ0n) is 9.61. The molecule has 0 radical (unpaired) electrons. The number of carbonyl (C=O) groups excluding carboxylic acids is 1. The van der Waals surface area contributed by atoms with Crippen LogP contribution in [0.15, 0.2) is 40.2 Å². The van der Waals surface area contributed by atoms with Crippen molar-refractivity contribution in [3.63, 3.8) is 0 Å². The quantitative estimate of drug-likeness (QED) is 0.701. The Bertz CT molecular complexity index is 570. The molecule has 1 amide bonds. The number of rotatable bonds is 3. The SMILES string of the molecule is CC(NC(=O)c1csc(I)c1)c1ccccc1Br. The number of amides is 1. The predicted molar refractivity (Wildman–Crippen MR) is 87.1 cm³/mol. The summed E-state index contributed by atoms with van der Waals surface area (Å²) >= 11 is 7.29. The van der Waals surface area contributed by atoms with Crippen LogP contribution in [-0.2, 0) is 0 Å². The average molecular weight is 436 g/mol. The molecule has 0 bridgehead atoms. The van der Waals surface area contributed by atoms with E-state index in [4.69, 9.17) is 0 Å². The summed E-state index contributed by atoms with van der Waals surface area (Å²) in [7, 11) is 0. The molecule has 1 aromatic heterocycles. The molecular weight excluding hydrogens is 425 g/mol. The first-order chi connectivity index (χ1) is 8.58. The third-order valence-corrected chi connectivity index (χ3v) is 5.06. The van der Waals surface area contributed by atoms with Gasteiger partial charge in [0.1, 0.15) is 0 Å². The molecule has 0 aliphatic rings. The van der Waals surface area contributed by atoms with Gasteiger partial charge in [-0.3, -0.25) is 4.79 Å². The third-order valence-electron chi connectivity index (χ3n) is 2.55. The summed E-state index contributed by atoms with van der Waals surface area (Å²) in [6, 6.07) is 9.79. The van der Waals surface area contributed by atoms with Gasteiger partial charge in [-0.05, 0) is 47.2 Å². The van der Waals surface area contributed by atoms with Crippen molar-refractivity contribution < 1.29 is 4.79 Å². The number of nitrogens with one attached hydrogen (secondary N) is 1. The Morgan fingerprint density at radius 3 is 2.78 bits per heavy atom. The zero-order valence-corrected chi connectivity index (χ0v) is 14.2. The molecule has 1 N–H and O–H groups in total. The van der Waals surface area contributed by atoms with E-state index in [0.29, 0.717) is 0 Å². The Kier molecular flexibility index (Phi) is 4.80. The van der Waals surface area contributed by atoms with Crippen molar-refractivity contribution >= 4 is 55.8 Å². The van der Waals surface area contributed by atoms with Crippen molar-refractivity contribution in [2.75, 3.05) is 0 Å². The van der Waals surface area contributed by atoms with Crippen LogP contribution < -0.4 is 5.32 Å². The van der Waals surface area contributed by atoms with Crippen LogP contribution in [0.5, 0.6) is 0 Å². The van der Waals surface area contributed by atoms with E-state index in [9.17, 15) is 4.79 Å². The highest BCUT2D eigenvalue weighted by Crippen LogP contribution is 2.23. The van der Waals surface area contributed by atoms with Gasteiger partial charge in [0.25, 0.3) is 5.91 Å². The fourth-order valence-electron chi connectivity index (χ4n) is 1.61. The molecule has 1 aromatic carbocycles. The topological polar surface area (TPSA) is 29.1 Å². The van der Waals surface area contributed by atoms with E-state index in [2.05, 4.69) is 43.8 Å². The van der Waals surface area contributed by atoms with Crippen LogP contribution in [0, 0.1) is 2.88 Å². The highest BCUT2D eigenvalue weighted by Gasteiger charge is 2.14. The van der Waals surface area contributed by atoms with Crippen molar-refractivity contribution in [1.29, 1.82) is 0 Å². The first kappa shape index (κ1) is 14.0. The smallest absolute Gasteiger partial charge is 0.252 e. The lowest BCUT2D eigenvalue weighted by molar-refractivity contribution is 0.0940. The molecule has 0 spiro atoms. The van der Waals surface area contributed by atoms with Gasteiger partial charge >= 0.3 is 0 Å². The molecule has 0 fully saturated rings. The minimum Gasteiger partial charge on any atom is -0.345 e. The second-order valence-corrected chi connectivity index (χ2v) is 7.52. The van der Waals surface area contributed by atoms with Gasteiger partial charge in [-0.2, -0.15) is 0 Å². The van der Waals surface area contributed by atoms with E-state index in [1.54, 1.807) is 11.3 Å². The summed E-state index contributed by atoms with van der Waals surface area (Å²) in [5.74, 6) is -0.0302. The van der Waals surface area contributed by atoms with Crippen LogP contribution in [0.1, 0.15) is 28.9 Å². The minimum absolute atomic E-state index is 0.0226. The minimum atomic E-state index is -0.0302. The van der Waals surface area contributed by atoms with E-state index in [1.807, 2.05) is 42.6 Å². The summed E-state index contributed by atoms with van der Waals surface area (Å²) in [4.78, 5) is 12.0. The van der Waals surface area contributed by atoms with E-state index in [0.717, 1.165) is 18.5 Å².